The van der Waals surface area contributed by atoms with Crippen LogP contribution in [0.2, 0.25) is 0 Å². The molecular weight excluding hydrogens is 226 g/mol. The molecule has 1 unspecified atom stereocenters. The molecule has 2 rings (SSSR count). The van der Waals surface area contributed by atoms with Crippen LogP contribution in [-0.4, -0.2) is 7.11 Å². The molecule has 0 bridgehead atoms. The van der Waals surface area contributed by atoms with Crippen LogP contribution in [0, 0.1) is 0 Å². The van der Waals surface area contributed by atoms with Crippen molar-refractivity contribution in [2.75, 3.05) is 7.11 Å². The van der Waals surface area contributed by atoms with E-state index in [0.717, 1.165) is 17.1 Å². The maximum atomic E-state index is 5.39. The molecule has 0 aliphatic rings. The number of hydrogen-bond donors (Lipinski definition) is 1. The summed E-state index contributed by atoms with van der Waals surface area (Å²) < 4.78 is 10.8. The van der Waals surface area contributed by atoms with E-state index in [-0.39, 0.29) is 12.1 Å². The van der Waals surface area contributed by atoms with Gasteiger partial charge in [0.25, 0.3) is 0 Å². The summed E-state index contributed by atoms with van der Waals surface area (Å²) >= 11 is 0. The van der Waals surface area contributed by atoms with Crippen LogP contribution in [0.25, 0.3) is 0 Å². The highest BCUT2D eigenvalue weighted by Crippen LogP contribution is 2.26. The lowest BCUT2D eigenvalue weighted by Crippen LogP contribution is -2.22. The number of rotatable bonds is 5. The maximum absolute atomic E-state index is 5.39. The summed E-state index contributed by atoms with van der Waals surface area (Å²) in [6.07, 6.45) is 1.70. The van der Waals surface area contributed by atoms with Crippen LogP contribution < -0.4 is 10.1 Å². The molecule has 96 valence electrons. The van der Waals surface area contributed by atoms with Crippen LogP contribution in [-0.2, 0) is 0 Å². The lowest BCUT2D eigenvalue weighted by atomic mass is 10.1. The smallest absolute Gasteiger partial charge is 0.123 e. The fraction of sp³-hybridized carbons (Fsp3) is 0.333. The fourth-order valence-electron chi connectivity index (χ4n) is 2.11. The van der Waals surface area contributed by atoms with E-state index in [1.165, 1.54) is 0 Å². The Bertz CT molecular complexity index is 479. The highest BCUT2D eigenvalue weighted by Gasteiger charge is 2.15. The largest absolute Gasteiger partial charge is 0.496 e. The average Bonchev–Trinajstić information content (AvgIpc) is 2.92. The zero-order chi connectivity index (χ0) is 13.0. The number of benzene rings is 1. The van der Waals surface area contributed by atoms with Crippen molar-refractivity contribution in [1.82, 2.24) is 5.32 Å². The summed E-state index contributed by atoms with van der Waals surface area (Å²) in [5.41, 5.74) is 1.15. The molecule has 1 heterocycles. The minimum Gasteiger partial charge on any atom is -0.496 e. The van der Waals surface area contributed by atoms with Crippen LogP contribution >= 0.6 is 0 Å². The zero-order valence-corrected chi connectivity index (χ0v) is 11.0. The Morgan fingerprint density at radius 2 is 1.83 bits per heavy atom. The van der Waals surface area contributed by atoms with Gasteiger partial charge in [0.2, 0.25) is 0 Å². The number of nitrogens with one attached hydrogen (secondary N) is 1. The van der Waals surface area contributed by atoms with Gasteiger partial charge in [-0.05, 0) is 32.0 Å². The maximum Gasteiger partial charge on any atom is 0.123 e. The number of hydrogen-bond acceptors (Lipinski definition) is 3. The molecule has 0 aliphatic carbocycles. The minimum atomic E-state index is 0.167. The van der Waals surface area contributed by atoms with Gasteiger partial charge in [-0.15, -0.1) is 0 Å². The summed E-state index contributed by atoms with van der Waals surface area (Å²) in [6, 6.07) is 12.3. The second kappa shape index (κ2) is 5.74. The predicted molar refractivity (Wildman–Crippen MR) is 71.7 cm³/mol. The van der Waals surface area contributed by atoms with E-state index in [9.17, 15) is 0 Å². The van der Waals surface area contributed by atoms with Crippen molar-refractivity contribution in [1.29, 1.82) is 0 Å². The molecule has 0 saturated heterocycles. The predicted octanol–water partition coefficient (Wildman–Crippen LogP) is 3.70. The quantitative estimate of drug-likeness (QED) is 0.872. The molecule has 0 saturated carbocycles. The van der Waals surface area contributed by atoms with E-state index in [0.29, 0.717) is 0 Å². The molecule has 0 fully saturated rings. The summed E-state index contributed by atoms with van der Waals surface area (Å²) in [7, 11) is 1.70. The van der Waals surface area contributed by atoms with E-state index < -0.39 is 0 Å². The van der Waals surface area contributed by atoms with Crippen LogP contribution in [0.3, 0.4) is 0 Å². The fourth-order valence-corrected chi connectivity index (χ4v) is 2.11. The molecule has 18 heavy (non-hydrogen) atoms. The first kappa shape index (κ1) is 12.7. The zero-order valence-electron chi connectivity index (χ0n) is 11.0. The summed E-state index contributed by atoms with van der Waals surface area (Å²) in [5.74, 6) is 1.85. The van der Waals surface area contributed by atoms with Crippen LogP contribution in [0.1, 0.15) is 37.3 Å². The molecule has 0 spiro atoms. The van der Waals surface area contributed by atoms with E-state index in [2.05, 4.69) is 25.2 Å². The van der Waals surface area contributed by atoms with E-state index in [1.54, 1.807) is 13.4 Å². The van der Waals surface area contributed by atoms with Crippen LogP contribution in [0.4, 0.5) is 0 Å². The molecular formula is C15H19NO2. The first-order valence-corrected chi connectivity index (χ1v) is 6.14. The van der Waals surface area contributed by atoms with Crippen molar-refractivity contribution in [3.63, 3.8) is 0 Å². The molecule has 1 N–H and O–H groups in total. The number of para-hydroxylation sites is 1. The topological polar surface area (TPSA) is 34.4 Å². The van der Waals surface area contributed by atoms with Crippen molar-refractivity contribution in [3.05, 3.63) is 54.0 Å². The van der Waals surface area contributed by atoms with Crippen molar-refractivity contribution in [3.8, 4) is 5.75 Å². The Balaban J connectivity index is 2.09. The van der Waals surface area contributed by atoms with Crippen molar-refractivity contribution < 1.29 is 9.15 Å². The van der Waals surface area contributed by atoms with Gasteiger partial charge in [-0.25, -0.2) is 0 Å². The standard InChI is InChI=1S/C15H19NO2/c1-11(13-7-4-5-8-15(13)17-3)16-12(2)14-9-6-10-18-14/h4-12,16H,1-3H3/t11?,12-/m1/s1. The molecule has 1 aromatic heterocycles. The van der Waals surface area contributed by atoms with Crippen molar-refractivity contribution in [2.45, 2.75) is 25.9 Å². The number of furan rings is 1. The van der Waals surface area contributed by atoms with Gasteiger partial charge in [-0.1, -0.05) is 18.2 Å². The van der Waals surface area contributed by atoms with Gasteiger partial charge in [-0.3, -0.25) is 0 Å². The van der Waals surface area contributed by atoms with Gasteiger partial charge in [-0.2, -0.15) is 0 Å². The molecule has 3 nitrogen and oxygen atoms in total. The highest BCUT2D eigenvalue weighted by atomic mass is 16.5. The van der Waals surface area contributed by atoms with E-state index >= 15 is 0 Å². The normalized spacial score (nSPS) is 14.2. The SMILES string of the molecule is COc1ccccc1C(C)N[C@H](C)c1ccco1. The third kappa shape index (κ3) is 2.74. The highest BCUT2D eigenvalue weighted by molar-refractivity contribution is 5.35. The lowest BCUT2D eigenvalue weighted by Gasteiger charge is -2.20. The van der Waals surface area contributed by atoms with Gasteiger partial charge >= 0.3 is 0 Å². The lowest BCUT2D eigenvalue weighted by molar-refractivity contribution is 0.380. The molecule has 3 heteroatoms. The number of methoxy groups -OCH3 is 1. The Morgan fingerprint density at radius 3 is 2.50 bits per heavy atom. The third-order valence-corrected chi connectivity index (χ3v) is 3.08. The van der Waals surface area contributed by atoms with Crippen molar-refractivity contribution >= 4 is 0 Å². The third-order valence-electron chi connectivity index (χ3n) is 3.08. The first-order valence-electron chi connectivity index (χ1n) is 6.14. The van der Waals surface area contributed by atoms with Crippen LogP contribution in [0.5, 0.6) is 5.75 Å². The first-order chi connectivity index (χ1) is 8.72. The summed E-state index contributed by atoms with van der Waals surface area (Å²) in [4.78, 5) is 0. The molecule has 2 atom stereocenters. The molecule has 1 aromatic carbocycles. The summed E-state index contributed by atoms with van der Waals surface area (Å²) in [6.45, 7) is 4.21. The average molecular weight is 245 g/mol. The molecule has 2 aromatic rings. The second-order valence-corrected chi connectivity index (χ2v) is 4.37. The van der Waals surface area contributed by atoms with Crippen LogP contribution in [0.15, 0.2) is 47.1 Å². The van der Waals surface area contributed by atoms with E-state index in [4.69, 9.17) is 9.15 Å². The Morgan fingerprint density at radius 1 is 1.06 bits per heavy atom. The van der Waals surface area contributed by atoms with Gasteiger partial charge in [0.05, 0.1) is 19.4 Å². The minimum absolute atomic E-state index is 0.167. The van der Waals surface area contributed by atoms with Gasteiger partial charge < -0.3 is 14.5 Å². The van der Waals surface area contributed by atoms with Gasteiger partial charge in [0, 0.05) is 11.6 Å². The Labute approximate surface area is 108 Å². The van der Waals surface area contributed by atoms with Crippen molar-refractivity contribution in [2.24, 2.45) is 0 Å². The van der Waals surface area contributed by atoms with E-state index in [1.807, 2.05) is 30.3 Å². The molecule has 0 aliphatic heterocycles. The monoisotopic (exact) mass is 245 g/mol. The number of ether oxygens (including phenoxy) is 1. The Kier molecular flexibility index (Phi) is 4.05. The van der Waals surface area contributed by atoms with Gasteiger partial charge in [0.1, 0.15) is 11.5 Å². The molecule has 0 amide bonds. The Hall–Kier alpha value is -1.74. The second-order valence-electron chi connectivity index (χ2n) is 4.37. The van der Waals surface area contributed by atoms with Gasteiger partial charge in [0.15, 0.2) is 0 Å². The summed E-state index contributed by atoms with van der Waals surface area (Å²) in [5, 5.41) is 3.50. The molecule has 0 radical (unpaired) electrons.